The zero-order valence-corrected chi connectivity index (χ0v) is 11.2. The molecule has 0 radical (unpaired) electrons. The lowest BCUT2D eigenvalue weighted by atomic mass is 9.56. The van der Waals surface area contributed by atoms with Crippen LogP contribution in [0.1, 0.15) is 19.4 Å². The molecule has 18 heavy (non-hydrogen) atoms. The van der Waals surface area contributed by atoms with E-state index in [2.05, 4.69) is 44.2 Å². The lowest BCUT2D eigenvalue weighted by molar-refractivity contribution is 0.126. The fourth-order valence-electron chi connectivity index (χ4n) is 2.61. The van der Waals surface area contributed by atoms with Crippen LogP contribution in [0.25, 0.3) is 0 Å². The summed E-state index contributed by atoms with van der Waals surface area (Å²) in [6.45, 7) is 4.20. The number of halogens is 1. The predicted molar refractivity (Wildman–Crippen MR) is 77.0 cm³/mol. The van der Waals surface area contributed by atoms with Gasteiger partial charge in [-0.05, 0) is 42.5 Å². The normalized spacial score (nSPS) is 16.7. The predicted octanol–water partition coefficient (Wildman–Crippen LogP) is 2.71. The molecule has 1 nitrogen and oxygen atoms in total. The molecule has 0 N–H and O–H groups in total. The topological polar surface area (TPSA) is 9.23 Å². The van der Waals surface area contributed by atoms with Gasteiger partial charge in [-0.15, -0.1) is 0 Å². The van der Waals surface area contributed by atoms with Crippen molar-refractivity contribution in [1.29, 1.82) is 0 Å². The van der Waals surface area contributed by atoms with Crippen LogP contribution < -0.4 is 10.9 Å². The Kier molecular flexibility index (Phi) is 2.72. The third-order valence-electron chi connectivity index (χ3n) is 3.46. The molecule has 0 amide bonds. The van der Waals surface area contributed by atoms with Crippen LogP contribution in [0.5, 0.6) is 0 Å². The summed E-state index contributed by atoms with van der Waals surface area (Å²) in [5.41, 5.74) is 3.36. The first-order valence-corrected chi connectivity index (χ1v) is 6.48. The Morgan fingerprint density at radius 2 is 1.83 bits per heavy atom. The Morgan fingerprint density at radius 1 is 1.06 bits per heavy atom. The maximum atomic E-state index is 6.20. The van der Waals surface area contributed by atoms with Gasteiger partial charge in [0.15, 0.2) is 0 Å². The first kappa shape index (κ1) is 11.8. The highest BCUT2D eigenvalue weighted by molar-refractivity contribution is 6.81. The van der Waals surface area contributed by atoms with Crippen molar-refractivity contribution in [2.75, 3.05) is 0 Å². The molecule has 90 valence electrons. The van der Waals surface area contributed by atoms with Gasteiger partial charge in [0.1, 0.15) is 0 Å². The molecular weight excluding hydrogens is 242 g/mol. The minimum atomic E-state index is -0.246. The molecule has 0 spiro atoms. The Labute approximate surface area is 113 Å². The lowest BCUT2D eigenvalue weighted by Gasteiger charge is -2.21. The molecular formula is C15H14BClO. The van der Waals surface area contributed by atoms with Crippen molar-refractivity contribution in [1.82, 2.24) is 0 Å². The summed E-state index contributed by atoms with van der Waals surface area (Å²) in [7, 11) is 0. The molecule has 0 unspecified atom stereocenters. The van der Waals surface area contributed by atoms with E-state index in [0.717, 1.165) is 10.5 Å². The highest BCUT2D eigenvalue weighted by Gasteiger charge is 2.41. The number of hydrogen-bond acceptors (Lipinski definition) is 1. The maximum absolute atomic E-state index is 6.20. The molecule has 0 saturated heterocycles. The van der Waals surface area contributed by atoms with E-state index >= 15 is 0 Å². The van der Waals surface area contributed by atoms with Crippen LogP contribution in [0.3, 0.4) is 0 Å². The zero-order valence-electron chi connectivity index (χ0n) is 10.5. The summed E-state index contributed by atoms with van der Waals surface area (Å²) < 4.78 is 6.20. The Morgan fingerprint density at radius 3 is 2.61 bits per heavy atom. The van der Waals surface area contributed by atoms with E-state index in [1.54, 1.807) is 0 Å². The minimum Gasteiger partial charge on any atom is -0.418 e. The smallest absolute Gasteiger partial charge is 0.362 e. The molecule has 0 bridgehead atoms. The van der Waals surface area contributed by atoms with Crippen LogP contribution in [0.4, 0.5) is 0 Å². The van der Waals surface area contributed by atoms with Crippen molar-refractivity contribution in [2.24, 2.45) is 0 Å². The van der Waals surface area contributed by atoms with E-state index < -0.39 is 0 Å². The average Bonchev–Trinajstić information content (AvgIpc) is 2.63. The first-order valence-electron chi connectivity index (χ1n) is 6.10. The molecule has 1 aliphatic heterocycles. The number of fused-ring (bicyclic) bond motifs is 1. The summed E-state index contributed by atoms with van der Waals surface area (Å²) in [5, 5.41) is 0.748. The van der Waals surface area contributed by atoms with Gasteiger partial charge < -0.3 is 4.65 Å². The van der Waals surface area contributed by atoms with Gasteiger partial charge in [-0.25, -0.2) is 0 Å². The van der Waals surface area contributed by atoms with Crippen LogP contribution in [-0.2, 0) is 10.3 Å². The molecule has 1 aliphatic rings. The third-order valence-corrected chi connectivity index (χ3v) is 3.69. The highest BCUT2D eigenvalue weighted by atomic mass is 35.5. The van der Waals surface area contributed by atoms with E-state index in [0.29, 0.717) is 0 Å². The fraction of sp³-hybridized carbons (Fsp3) is 0.200. The van der Waals surface area contributed by atoms with Crippen LogP contribution in [0.15, 0.2) is 48.5 Å². The number of hydrogen-bond donors (Lipinski definition) is 0. The Hall–Kier alpha value is -1.25. The zero-order chi connectivity index (χ0) is 12.8. The van der Waals surface area contributed by atoms with Gasteiger partial charge in [0.2, 0.25) is 0 Å². The second-order valence-corrected chi connectivity index (χ2v) is 5.59. The van der Waals surface area contributed by atoms with E-state index in [-0.39, 0.29) is 12.5 Å². The van der Waals surface area contributed by atoms with Gasteiger partial charge >= 0.3 is 6.92 Å². The van der Waals surface area contributed by atoms with E-state index in [4.69, 9.17) is 16.3 Å². The van der Waals surface area contributed by atoms with Crippen LogP contribution in [0.2, 0.25) is 5.02 Å². The van der Waals surface area contributed by atoms with Crippen LogP contribution >= 0.6 is 11.6 Å². The van der Waals surface area contributed by atoms with Crippen molar-refractivity contribution in [3.8, 4) is 0 Å². The van der Waals surface area contributed by atoms with Gasteiger partial charge in [0, 0.05) is 5.02 Å². The SMILES string of the molecule is CC1(C)OB(c2cccc(Cl)c2)c2ccccc21. The van der Waals surface area contributed by atoms with Gasteiger partial charge in [0.25, 0.3) is 0 Å². The number of rotatable bonds is 1. The van der Waals surface area contributed by atoms with Crippen molar-refractivity contribution < 1.29 is 4.65 Å². The molecule has 3 rings (SSSR count). The molecule has 0 aliphatic carbocycles. The van der Waals surface area contributed by atoms with Gasteiger partial charge in [0.05, 0.1) is 5.60 Å². The van der Waals surface area contributed by atoms with Crippen molar-refractivity contribution in [3.63, 3.8) is 0 Å². The summed E-state index contributed by atoms with van der Waals surface area (Å²) in [4.78, 5) is 0. The second-order valence-electron chi connectivity index (χ2n) is 5.15. The largest absolute Gasteiger partial charge is 0.418 e. The lowest BCUT2D eigenvalue weighted by Crippen LogP contribution is -2.41. The molecule has 2 aromatic rings. The summed E-state index contributed by atoms with van der Waals surface area (Å²) in [6.07, 6.45) is 0. The molecule has 0 atom stereocenters. The monoisotopic (exact) mass is 256 g/mol. The summed E-state index contributed by atoms with van der Waals surface area (Å²) in [6, 6.07) is 16.3. The molecule has 0 aromatic heterocycles. The van der Waals surface area contributed by atoms with Crippen molar-refractivity contribution in [2.45, 2.75) is 19.4 Å². The highest BCUT2D eigenvalue weighted by Crippen LogP contribution is 2.30. The third kappa shape index (κ3) is 1.86. The number of benzene rings is 2. The van der Waals surface area contributed by atoms with Crippen molar-refractivity contribution in [3.05, 3.63) is 59.1 Å². The van der Waals surface area contributed by atoms with Crippen LogP contribution in [0, 0.1) is 0 Å². The van der Waals surface area contributed by atoms with E-state index in [1.165, 1.54) is 11.0 Å². The Balaban J connectivity index is 2.11. The molecule has 2 aromatic carbocycles. The second kappa shape index (κ2) is 4.15. The fourth-order valence-corrected chi connectivity index (χ4v) is 2.81. The molecule has 3 heteroatoms. The summed E-state index contributed by atoms with van der Waals surface area (Å²) in [5.74, 6) is 0. The van der Waals surface area contributed by atoms with Gasteiger partial charge in [-0.3, -0.25) is 0 Å². The molecule has 0 saturated carbocycles. The van der Waals surface area contributed by atoms with Gasteiger partial charge in [-0.1, -0.05) is 48.0 Å². The quantitative estimate of drug-likeness (QED) is 0.713. The van der Waals surface area contributed by atoms with Crippen molar-refractivity contribution >= 4 is 29.4 Å². The minimum absolute atomic E-state index is 0.0186. The standard InChI is InChI=1S/C15H14BClO/c1-15(2)13-8-3-4-9-14(13)16(18-15)11-6-5-7-12(17)10-11/h3-10H,1-2H3. The average molecular weight is 257 g/mol. The van der Waals surface area contributed by atoms with E-state index in [9.17, 15) is 0 Å². The van der Waals surface area contributed by atoms with E-state index in [1.807, 2.05) is 18.2 Å². The Bertz CT molecular complexity index is 595. The van der Waals surface area contributed by atoms with Crippen LogP contribution in [-0.4, -0.2) is 6.92 Å². The first-order chi connectivity index (χ1) is 8.58. The molecule has 0 fully saturated rings. The van der Waals surface area contributed by atoms with Gasteiger partial charge in [-0.2, -0.15) is 0 Å². The molecule has 1 heterocycles. The summed E-state index contributed by atoms with van der Waals surface area (Å²) >= 11 is 6.07. The maximum Gasteiger partial charge on any atom is 0.362 e.